The molecule has 9 heavy (non-hydrogen) atoms. The summed E-state index contributed by atoms with van der Waals surface area (Å²) in [6.07, 6.45) is 1.53. The van der Waals surface area contributed by atoms with E-state index in [2.05, 4.69) is 16.3 Å². The predicted octanol–water partition coefficient (Wildman–Crippen LogP) is 0.343. The van der Waals surface area contributed by atoms with E-state index in [4.69, 9.17) is 0 Å². The van der Waals surface area contributed by atoms with E-state index in [1.165, 1.54) is 6.20 Å². The Balaban J connectivity index is 2.85. The van der Waals surface area contributed by atoms with Crippen LogP contribution >= 0.6 is 0 Å². The van der Waals surface area contributed by atoms with E-state index in [1.807, 2.05) is 19.0 Å². The molecule has 1 aromatic rings. The van der Waals surface area contributed by atoms with Crippen LogP contribution in [0.15, 0.2) is 12.3 Å². The molecule has 0 amide bonds. The molecule has 0 saturated carbocycles. The van der Waals surface area contributed by atoms with Crippen molar-refractivity contribution in [2.75, 3.05) is 19.0 Å². The molecule has 0 bridgehead atoms. The Morgan fingerprint density at radius 3 is 2.67 bits per heavy atom. The molecule has 0 fully saturated rings. The minimum atomic E-state index is 0.831. The Bertz CT molecular complexity index is 171. The van der Waals surface area contributed by atoms with E-state index in [0.717, 1.165) is 5.82 Å². The van der Waals surface area contributed by atoms with Gasteiger partial charge in [0.15, 0.2) is 5.82 Å². The average molecular weight is 122 g/mol. The van der Waals surface area contributed by atoms with Gasteiger partial charge < -0.3 is 4.90 Å². The lowest BCUT2D eigenvalue weighted by atomic mass is 10.5. The minimum absolute atomic E-state index is 0.831. The summed E-state index contributed by atoms with van der Waals surface area (Å²) in [4.78, 5) is 1.88. The molecule has 0 unspecified atom stereocenters. The van der Waals surface area contributed by atoms with E-state index in [9.17, 15) is 0 Å². The molecular formula is C6H8N3. The quantitative estimate of drug-likeness (QED) is 0.538. The SMILES string of the molecule is CN(C)c1c[c]cnn1. The van der Waals surface area contributed by atoms with Crippen LogP contribution in [-0.4, -0.2) is 24.3 Å². The van der Waals surface area contributed by atoms with Gasteiger partial charge in [-0.3, -0.25) is 0 Å². The highest BCUT2D eigenvalue weighted by Crippen LogP contribution is 1.99. The standard InChI is InChI=1S/C6H8N3/c1-9(2)6-4-3-5-7-8-6/h4-5H,1-2H3. The van der Waals surface area contributed by atoms with Crippen LogP contribution in [0.25, 0.3) is 0 Å². The second-order valence-electron chi connectivity index (χ2n) is 1.91. The van der Waals surface area contributed by atoms with Crippen molar-refractivity contribution in [3.8, 4) is 0 Å². The van der Waals surface area contributed by atoms with Crippen molar-refractivity contribution in [3.63, 3.8) is 0 Å². The van der Waals surface area contributed by atoms with Gasteiger partial charge in [-0.1, -0.05) is 0 Å². The van der Waals surface area contributed by atoms with Crippen LogP contribution in [0.2, 0.25) is 0 Å². The van der Waals surface area contributed by atoms with Gasteiger partial charge in [0, 0.05) is 20.2 Å². The normalized spacial score (nSPS) is 9.11. The van der Waals surface area contributed by atoms with E-state index in [0.29, 0.717) is 0 Å². The first-order valence-electron chi connectivity index (χ1n) is 2.67. The zero-order valence-electron chi connectivity index (χ0n) is 5.50. The Kier molecular flexibility index (Phi) is 1.63. The highest BCUT2D eigenvalue weighted by Gasteiger charge is 1.91. The lowest BCUT2D eigenvalue weighted by molar-refractivity contribution is 0.962. The van der Waals surface area contributed by atoms with Gasteiger partial charge in [0.2, 0.25) is 0 Å². The Hall–Kier alpha value is -1.12. The van der Waals surface area contributed by atoms with Crippen molar-refractivity contribution in [2.24, 2.45) is 0 Å². The highest BCUT2D eigenvalue weighted by atomic mass is 15.2. The van der Waals surface area contributed by atoms with Crippen molar-refractivity contribution in [1.29, 1.82) is 0 Å². The van der Waals surface area contributed by atoms with Crippen molar-refractivity contribution in [2.45, 2.75) is 0 Å². The first-order valence-corrected chi connectivity index (χ1v) is 2.67. The second kappa shape index (κ2) is 2.44. The fraction of sp³-hybridized carbons (Fsp3) is 0.333. The van der Waals surface area contributed by atoms with E-state index in [-0.39, 0.29) is 0 Å². The fourth-order valence-corrected chi connectivity index (χ4v) is 0.481. The van der Waals surface area contributed by atoms with E-state index >= 15 is 0 Å². The fourth-order valence-electron chi connectivity index (χ4n) is 0.481. The van der Waals surface area contributed by atoms with Gasteiger partial charge in [-0.2, -0.15) is 5.10 Å². The van der Waals surface area contributed by atoms with Crippen molar-refractivity contribution >= 4 is 5.82 Å². The second-order valence-corrected chi connectivity index (χ2v) is 1.91. The molecule has 1 radical (unpaired) electrons. The topological polar surface area (TPSA) is 29.0 Å². The van der Waals surface area contributed by atoms with Crippen LogP contribution in [0.5, 0.6) is 0 Å². The van der Waals surface area contributed by atoms with Gasteiger partial charge in [-0.15, -0.1) is 5.10 Å². The van der Waals surface area contributed by atoms with Gasteiger partial charge in [0.25, 0.3) is 0 Å². The Morgan fingerprint density at radius 1 is 1.56 bits per heavy atom. The first kappa shape index (κ1) is 6.01. The van der Waals surface area contributed by atoms with Crippen molar-refractivity contribution in [3.05, 3.63) is 18.3 Å². The summed E-state index contributed by atoms with van der Waals surface area (Å²) in [6.45, 7) is 0. The lowest BCUT2D eigenvalue weighted by Crippen LogP contribution is -2.10. The van der Waals surface area contributed by atoms with Crippen molar-refractivity contribution in [1.82, 2.24) is 10.2 Å². The molecule has 3 nitrogen and oxygen atoms in total. The molecule has 0 aliphatic carbocycles. The number of aromatic nitrogens is 2. The predicted molar refractivity (Wildman–Crippen MR) is 35.2 cm³/mol. The largest absolute Gasteiger partial charge is 0.361 e. The summed E-state index contributed by atoms with van der Waals surface area (Å²) in [5.74, 6) is 0.831. The number of rotatable bonds is 1. The number of nitrogens with zero attached hydrogens (tertiary/aromatic N) is 3. The molecule has 1 aromatic heterocycles. The van der Waals surface area contributed by atoms with Crippen molar-refractivity contribution < 1.29 is 0 Å². The van der Waals surface area contributed by atoms with Gasteiger partial charge in [0.05, 0.1) is 6.20 Å². The molecule has 3 heteroatoms. The average Bonchev–Trinajstić information content (AvgIpc) is 1.90. The third-order valence-corrected chi connectivity index (χ3v) is 0.963. The molecule has 0 aliphatic rings. The summed E-state index contributed by atoms with van der Waals surface area (Å²) in [5.41, 5.74) is 0. The molecule has 0 aliphatic heterocycles. The molecule has 0 N–H and O–H groups in total. The third-order valence-electron chi connectivity index (χ3n) is 0.963. The molecule has 1 rings (SSSR count). The molecule has 0 spiro atoms. The van der Waals surface area contributed by atoms with E-state index < -0.39 is 0 Å². The summed E-state index contributed by atoms with van der Waals surface area (Å²) in [5, 5.41) is 7.48. The number of anilines is 1. The summed E-state index contributed by atoms with van der Waals surface area (Å²) in [7, 11) is 3.83. The highest BCUT2D eigenvalue weighted by molar-refractivity contribution is 5.32. The van der Waals surface area contributed by atoms with Gasteiger partial charge in [0.1, 0.15) is 0 Å². The Morgan fingerprint density at radius 2 is 2.33 bits per heavy atom. The van der Waals surface area contributed by atoms with Gasteiger partial charge in [-0.25, -0.2) is 0 Å². The van der Waals surface area contributed by atoms with Crippen LogP contribution in [0.1, 0.15) is 0 Å². The maximum absolute atomic E-state index is 3.82. The van der Waals surface area contributed by atoms with Crippen LogP contribution in [0.3, 0.4) is 0 Å². The summed E-state index contributed by atoms with van der Waals surface area (Å²) < 4.78 is 0. The molecule has 0 saturated heterocycles. The molecule has 1 heterocycles. The number of hydrogen-bond donors (Lipinski definition) is 0. The Labute approximate surface area is 54.3 Å². The summed E-state index contributed by atoms with van der Waals surface area (Å²) in [6, 6.07) is 4.61. The van der Waals surface area contributed by atoms with Crippen LogP contribution in [0.4, 0.5) is 5.82 Å². The third kappa shape index (κ3) is 1.38. The number of hydrogen-bond acceptors (Lipinski definition) is 3. The molecule has 47 valence electrons. The molecule has 0 atom stereocenters. The zero-order chi connectivity index (χ0) is 6.69. The zero-order valence-corrected chi connectivity index (χ0v) is 5.50. The van der Waals surface area contributed by atoms with Crippen LogP contribution < -0.4 is 4.90 Å². The maximum atomic E-state index is 3.82. The monoisotopic (exact) mass is 122 g/mol. The van der Waals surface area contributed by atoms with Crippen LogP contribution in [0, 0.1) is 6.07 Å². The first-order chi connectivity index (χ1) is 4.30. The van der Waals surface area contributed by atoms with Gasteiger partial charge in [-0.05, 0) is 6.07 Å². The van der Waals surface area contributed by atoms with Crippen LogP contribution in [-0.2, 0) is 0 Å². The maximum Gasteiger partial charge on any atom is 0.151 e. The van der Waals surface area contributed by atoms with Gasteiger partial charge >= 0.3 is 0 Å². The lowest BCUT2D eigenvalue weighted by Gasteiger charge is -2.07. The molecule has 0 aromatic carbocycles. The minimum Gasteiger partial charge on any atom is -0.361 e. The molecular weight excluding hydrogens is 114 g/mol. The van der Waals surface area contributed by atoms with E-state index in [1.54, 1.807) is 6.07 Å². The smallest absolute Gasteiger partial charge is 0.151 e. The summed E-state index contributed by atoms with van der Waals surface area (Å²) >= 11 is 0.